The first-order valence-corrected chi connectivity index (χ1v) is 14.2. The van der Waals surface area contributed by atoms with Gasteiger partial charge < -0.3 is 0 Å². The lowest BCUT2D eigenvalue weighted by molar-refractivity contribution is 0.799. The van der Waals surface area contributed by atoms with Crippen LogP contribution >= 0.6 is 34.5 Å². The monoisotopic (exact) mass is 542 g/mol. The minimum atomic E-state index is -0.513. The first kappa shape index (κ1) is 22.4. The number of halogens is 2. The van der Waals surface area contributed by atoms with Gasteiger partial charge in [-0.25, -0.2) is 0 Å². The molecule has 0 radical (unpaired) electrons. The standard InChI is InChI=1S/C35H20Cl2S/c36-23-15-17-25-26-18-16-24(37)20-30(26)35(29(25)19-23)28-14-8-7-13-27(28)31-32(35)34(22-11-5-2-6-12-22)38-33(31)21-9-3-1-4-10-21/h1-20H. The molecule has 6 aromatic rings. The lowest BCUT2D eigenvalue weighted by Crippen LogP contribution is -2.26. The molecule has 0 nitrogen and oxygen atoms in total. The fourth-order valence-corrected chi connectivity index (χ4v) is 8.35. The molecule has 0 saturated carbocycles. The summed E-state index contributed by atoms with van der Waals surface area (Å²) in [6, 6.07) is 43.1. The van der Waals surface area contributed by atoms with Gasteiger partial charge in [0.25, 0.3) is 0 Å². The summed E-state index contributed by atoms with van der Waals surface area (Å²) in [7, 11) is 0. The highest BCUT2D eigenvalue weighted by Crippen LogP contribution is 2.68. The van der Waals surface area contributed by atoms with Crippen LogP contribution in [-0.2, 0) is 5.41 Å². The van der Waals surface area contributed by atoms with Crippen LogP contribution in [0, 0.1) is 0 Å². The van der Waals surface area contributed by atoms with Crippen molar-refractivity contribution in [1.82, 2.24) is 0 Å². The predicted octanol–water partition coefficient (Wildman–Crippen LogP) is 10.7. The molecule has 8 rings (SSSR count). The number of rotatable bonds is 2. The zero-order valence-electron chi connectivity index (χ0n) is 20.2. The van der Waals surface area contributed by atoms with Crippen molar-refractivity contribution in [2.75, 3.05) is 0 Å². The summed E-state index contributed by atoms with van der Waals surface area (Å²) in [4.78, 5) is 2.58. The molecule has 1 heterocycles. The molecular formula is C35H20Cl2S. The van der Waals surface area contributed by atoms with E-state index in [9.17, 15) is 0 Å². The zero-order valence-corrected chi connectivity index (χ0v) is 22.5. The Labute approximate surface area is 235 Å². The molecule has 0 saturated heterocycles. The summed E-state index contributed by atoms with van der Waals surface area (Å²) in [5.41, 5.74) is 12.0. The van der Waals surface area contributed by atoms with E-state index in [2.05, 4.69) is 109 Å². The Morgan fingerprint density at radius 3 is 1.61 bits per heavy atom. The highest BCUT2D eigenvalue weighted by Gasteiger charge is 2.54. The quantitative estimate of drug-likeness (QED) is 0.203. The van der Waals surface area contributed by atoms with Crippen molar-refractivity contribution >= 4 is 34.5 Å². The Kier molecular flexibility index (Phi) is 4.82. The Morgan fingerprint density at radius 2 is 1.00 bits per heavy atom. The predicted molar refractivity (Wildman–Crippen MR) is 162 cm³/mol. The van der Waals surface area contributed by atoms with Gasteiger partial charge in [-0.1, -0.05) is 120 Å². The topological polar surface area (TPSA) is 0 Å². The molecule has 1 aromatic heterocycles. The third-order valence-corrected chi connectivity index (χ3v) is 9.78. The Bertz CT molecular complexity index is 1830. The Balaban J connectivity index is 1.61. The maximum Gasteiger partial charge on any atom is 0.0741 e. The van der Waals surface area contributed by atoms with Crippen molar-refractivity contribution in [3.05, 3.63) is 154 Å². The van der Waals surface area contributed by atoms with Crippen molar-refractivity contribution in [2.45, 2.75) is 5.41 Å². The second kappa shape index (κ2) is 8.19. The van der Waals surface area contributed by atoms with E-state index in [0.29, 0.717) is 0 Å². The van der Waals surface area contributed by atoms with Crippen molar-refractivity contribution in [1.29, 1.82) is 0 Å². The maximum absolute atomic E-state index is 6.75. The molecule has 0 N–H and O–H groups in total. The molecule has 3 heteroatoms. The minimum Gasteiger partial charge on any atom is -0.134 e. The van der Waals surface area contributed by atoms with Crippen molar-refractivity contribution in [3.63, 3.8) is 0 Å². The number of hydrogen-bond acceptors (Lipinski definition) is 1. The normalized spacial score (nSPS) is 13.7. The lowest BCUT2D eigenvalue weighted by Gasteiger charge is -2.31. The SMILES string of the molecule is Clc1ccc2c(c1)C1(c3cc(Cl)ccc3-2)c2ccccc2-c2c(-c3ccccc3)sc(-c3ccccc3)c21. The van der Waals surface area contributed by atoms with Crippen LogP contribution in [0.3, 0.4) is 0 Å². The summed E-state index contributed by atoms with van der Waals surface area (Å²) < 4.78 is 0. The molecule has 2 aliphatic carbocycles. The highest BCUT2D eigenvalue weighted by molar-refractivity contribution is 7.19. The first-order valence-electron chi connectivity index (χ1n) is 12.7. The maximum atomic E-state index is 6.75. The van der Waals surface area contributed by atoms with Crippen LogP contribution in [0.2, 0.25) is 10.0 Å². The van der Waals surface area contributed by atoms with E-state index in [1.807, 2.05) is 23.5 Å². The van der Waals surface area contributed by atoms with Gasteiger partial charge in [-0.05, 0) is 74.3 Å². The summed E-state index contributed by atoms with van der Waals surface area (Å²) >= 11 is 15.4. The van der Waals surface area contributed by atoms with Crippen LogP contribution in [0.25, 0.3) is 43.1 Å². The molecule has 0 fully saturated rings. The molecule has 5 aromatic carbocycles. The largest absolute Gasteiger partial charge is 0.134 e. The molecular weight excluding hydrogens is 523 g/mol. The average Bonchev–Trinajstić information content (AvgIpc) is 3.58. The molecule has 0 aliphatic heterocycles. The van der Waals surface area contributed by atoms with Crippen molar-refractivity contribution in [2.24, 2.45) is 0 Å². The molecule has 0 atom stereocenters. The van der Waals surface area contributed by atoms with Gasteiger partial charge in [-0.2, -0.15) is 0 Å². The van der Waals surface area contributed by atoms with E-state index in [1.54, 1.807) is 0 Å². The van der Waals surface area contributed by atoms with E-state index in [1.165, 1.54) is 65.4 Å². The fraction of sp³-hybridized carbons (Fsp3) is 0.0286. The number of thiophene rings is 1. The van der Waals surface area contributed by atoms with E-state index in [0.717, 1.165) is 10.0 Å². The molecule has 0 bridgehead atoms. The van der Waals surface area contributed by atoms with Gasteiger partial charge in [0, 0.05) is 25.4 Å². The molecule has 0 amide bonds. The van der Waals surface area contributed by atoms with Gasteiger partial charge in [-0.15, -0.1) is 11.3 Å². The van der Waals surface area contributed by atoms with Gasteiger partial charge in [-0.3, -0.25) is 0 Å². The molecule has 1 spiro atoms. The molecule has 0 unspecified atom stereocenters. The molecule has 38 heavy (non-hydrogen) atoms. The van der Waals surface area contributed by atoms with Crippen LogP contribution in [0.15, 0.2) is 121 Å². The van der Waals surface area contributed by atoms with Crippen LogP contribution in [0.4, 0.5) is 0 Å². The second-order valence-corrected chi connectivity index (χ2v) is 11.8. The number of benzene rings is 5. The van der Waals surface area contributed by atoms with Gasteiger partial charge in [0.15, 0.2) is 0 Å². The van der Waals surface area contributed by atoms with Gasteiger partial charge in [0.2, 0.25) is 0 Å². The Morgan fingerprint density at radius 1 is 0.474 bits per heavy atom. The third kappa shape index (κ3) is 2.87. The van der Waals surface area contributed by atoms with Crippen LogP contribution in [0.5, 0.6) is 0 Å². The second-order valence-electron chi connectivity index (χ2n) is 9.92. The average molecular weight is 544 g/mol. The first-order chi connectivity index (χ1) is 18.7. The van der Waals surface area contributed by atoms with E-state index < -0.39 is 5.41 Å². The minimum absolute atomic E-state index is 0.513. The molecule has 2 aliphatic rings. The lowest BCUT2D eigenvalue weighted by atomic mass is 9.70. The van der Waals surface area contributed by atoms with Crippen molar-refractivity contribution in [3.8, 4) is 43.1 Å². The van der Waals surface area contributed by atoms with Gasteiger partial charge >= 0.3 is 0 Å². The van der Waals surface area contributed by atoms with Crippen molar-refractivity contribution < 1.29 is 0 Å². The summed E-state index contributed by atoms with van der Waals surface area (Å²) in [6.45, 7) is 0. The van der Waals surface area contributed by atoms with E-state index >= 15 is 0 Å². The Hall–Kier alpha value is -3.62. The third-order valence-electron chi connectivity index (χ3n) is 8.02. The fourth-order valence-electron chi connectivity index (χ4n) is 6.62. The molecule has 180 valence electrons. The summed E-state index contributed by atoms with van der Waals surface area (Å²) in [5.74, 6) is 0. The zero-order chi connectivity index (χ0) is 25.4. The van der Waals surface area contributed by atoms with Gasteiger partial charge in [0.1, 0.15) is 0 Å². The van der Waals surface area contributed by atoms with Crippen LogP contribution in [0.1, 0.15) is 22.3 Å². The van der Waals surface area contributed by atoms with Gasteiger partial charge in [0.05, 0.1) is 5.41 Å². The number of hydrogen-bond donors (Lipinski definition) is 0. The van der Waals surface area contributed by atoms with E-state index in [4.69, 9.17) is 23.2 Å². The smallest absolute Gasteiger partial charge is 0.0741 e. The summed E-state index contributed by atoms with van der Waals surface area (Å²) in [5, 5.41) is 1.49. The van der Waals surface area contributed by atoms with Crippen LogP contribution < -0.4 is 0 Å². The number of fused-ring (bicyclic) bond motifs is 10. The highest BCUT2D eigenvalue weighted by atomic mass is 35.5. The van der Waals surface area contributed by atoms with Crippen LogP contribution in [-0.4, -0.2) is 0 Å². The van der Waals surface area contributed by atoms with E-state index in [-0.39, 0.29) is 0 Å². The summed E-state index contributed by atoms with van der Waals surface area (Å²) in [6.07, 6.45) is 0.